The number of thiazole rings is 1. The van der Waals surface area contributed by atoms with Crippen molar-refractivity contribution in [1.82, 2.24) is 4.98 Å². The van der Waals surface area contributed by atoms with Gasteiger partial charge in [-0.15, -0.1) is 11.3 Å². The van der Waals surface area contributed by atoms with Gasteiger partial charge in [0, 0.05) is 11.6 Å². The van der Waals surface area contributed by atoms with Gasteiger partial charge in [0.2, 0.25) is 0 Å². The number of benzene rings is 2. The van der Waals surface area contributed by atoms with E-state index in [2.05, 4.69) is 20.9 Å². The zero-order chi connectivity index (χ0) is 19.6. The van der Waals surface area contributed by atoms with E-state index in [1.54, 1.807) is 13.2 Å². The quantitative estimate of drug-likeness (QED) is 0.438. The number of aromatic nitrogens is 1. The number of ether oxygens (including phenoxy) is 2. The van der Waals surface area contributed by atoms with Crippen LogP contribution in [0.2, 0.25) is 0 Å². The van der Waals surface area contributed by atoms with Gasteiger partial charge < -0.3 is 9.47 Å². The Balaban J connectivity index is 1.77. The first-order chi connectivity index (χ1) is 12.8. The number of aryl methyl sites for hydroxylation is 1. The third-order valence-electron chi connectivity index (χ3n) is 3.85. The summed E-state index contributed by atoms with van der Waals surface area (Å²) in [5.74, 6) is 1.32. The fourth-order valence-electron chi connectivity index (χ4n) is 2.35. The molecule has 142 valence electrons. The summed E-state index contributed by atoms with van der Waals surface area (Å²) in [5.41, 5.74) is 0.754. The maximum atomic E-state index is 12.7. The van der Waals surface area contributed by atoms with Crippen LogP contribution in [0.5, 0.6) is 11.5 Å². The molecule has 1 heterocycles. The van der Waals surface area contributed by atoms with Gasteiger partial charge in [-0.1, -0.05) is 12.1 Å². The van der Waals surface area contributed by atoms with Gasteiger partial charge in [0.1, 0.15) is 23.1 Å². The maximum absolute atomic E-state index is 12.7. The lowest BCUT2D eigenvalue weighted by Gasteiger charge is -2.09. The lowest BCUT2D eigenvalue weighted by Crippen LogP contribution is -2.03. The molecule has 3 aromatic rings. The van der Waals surface area contributed by atoms with Crippen molar-refractivity contribution in [3.63, 3.8) is 0 Å². The first kappa shape index (κ1) is 19.7. The topological polar surface area (TPSA) is 31.4 Å². The van der Waals surface area contributed by atoms with Gasteiger partial charge in [0.25, 0.3) is 0 Å². The Kier molecular flexibility index (Phi) is 5.76. The highest BCUT2D eigenvalue weighted by atomic mass is 79.9. The SMILES string of the molecule is COc1ccc(Br)c(OCc2sc(-c3ccc(C(F)(F)F)cc3)nc2C)c1. The third kappa shape index (κ3) is 4.62. The predicted molar refractivity (Wildman–Crippen MR) is 102 cm³/mol. The number of rotatable bonds is 5. The van der Waals surface area contributed by atoms with E-state index in [1.165, 1.54) is 23.5 Å². The molecule has 0 saturated heterocycles. The Labute approximate surface area is 166 Å². The molecule has 0 aliphatic rings. The number of hydrogen-bond donors (Lipinski definition) is 0. The van der Waals surface area contributed by atoms with Crippen LogP contribution in [0.4, 0.5) is 13.2 Å². The average molecular weight is 458 g/mol. The van der Waals surface area contributed by atoms with Crippen LogP contribution >= 0.6 is 27.3 Å². The minimum atomic E-state index is -4.35. The fraction of sp³-hybridized carbons (Fsp3) is 0.211. The van der Waals surface area contributed by atoms with Crippen LogP contribution in [-0.2, 0) is 12.8 Å². The number of nitrogens with zero attached hydrogens (tertiary/aromatic N) is 1. The Morgan fingerprint density at radius 3 is 2.44 bits per heavy atom. The van der Waals surface area contributed by atoms with Crippen LogP contribution < -0.4 is 9.47 Å². The smallest absolute Gasteiger partial charge is 0.416 e. The standard InChI is InChI=1S/C19H15BrF3NO2S/c1-11-17(10-26-16-9-14(25-2)7-8-15(16)20)27-18(24-11)12-3-5-13(6-4-12)19(21,22)23/h3-9H,10H2,1-2H3. The first-order valence-corrected chi connectivity index (χ1v) is 9.49. The summed E-state index contributed by atoms with van der Waals surface area (Å²) in [6.45, 7) is 2.15. The Morgan fingerprint density at radius 1 is 1.11 bits per heavy atom. The molecule has 1 aromatic heterocycles. The van der Waals surface area contributed by atoms with Gasteiger partial charge in [0.05, 0.1) is 27.7 Å². The molecule has 0 bridgehead atoms. The molecule has 3 rings (SSSR count). The van der Waals surface area contributed by atoms with Gasteiger partial charge in [-0.3, -0.25) is 0 Å². The lowest BCUT2D eigenvalue weighted by molar-refractivity contribution is -0.137. The molecule has 27 heavy (non-hydrogen) atoms. The van der Waals surface area contributed by atoms with Crippen LogP contribution in [-0.4, -0.2) is 12.1 Å². The lowest BCUT2D eigenvalue weighted by atomic mass is 10.1. The summed E-state index contributed by atoms with van der Waals surface area (Å²) < 4.78 is 49.9. The molecule has 0 aliphatic carbocycles. The van der Waals surface area contributed by atoms with E-state index < -0.39 is 11.7 Å². The monoisotopic (exact) mass is 457 g/mol. The maximum Gasteiger partial charge on any atom is 0.416 e. The second-order valence-electron chi connectivity index (χ2n) is 5.69. The van der Waals surface area contributed by atoms with Crippen molar-refractivity contribution in [2.45, 2.75) is 19.7 Å². The molecule has 0 amide bonds. The van der Waals surface area contributed by atoms with E-state index in [9.17, 15) is 13.2 Å². The summed E-state index contributed by atoms with van der Waals surface area (Å²) in [6.07, 6.45) is -4.35. The van der Waals surface area contributed by atoms with Gasteiger partial charge in [0.15, 0.2) is 0 Å². The third-order valence-corrected chi connectivity index (χ3v) is 5.68. The predicted octanol–water partition coefficient (Wildman–Crippen LogP) is 6.49. The molecule has 0 spiro atoms. The molecule has 0 aliphatic heterocycles. The fourth-order valence-corrected chi connectivity index (χ4v) is 3.69. The molecule has 8 heteroatoms. The van der Waals surface area contributed by atoms with E-state index in [4.69, 9.17) is 9.47 Å². The van der Waals surface area contributed by atoms with Crippen LogP contribution in [0.3, 0.4) is 0 Å². The average Bonchev–Trinajstić information content (AvgIpc) is 3.01. The zero-order valence-corrected chi connectivity index (χ0v) is 16.8. The highest BCUT2D eigenvalue weighted by molar-refractivity contribution is 9.10. The minimum Gasteiger partial charge on any atom is -0.497 e. The van der Waals surface area contributed by atoms with Crippen molar-refractivity contribution < 1.29 is 22.6 Å². The highest BCUT2D eigenvalue weighted by Gasteiger charge is 2.30. The summed E-state index contributed by atoms with van der Waals surface area (Å²) in [6, 6.07) is 10.4. The molecular formula is C19H15BrF3NO2S. The number of halogens is 4. The Bertz CT molecular complexity index is 939. The summed E-state index contributed by atoms with van der Waals surface area (Å²) in [7, 11) is 1.58. The second kappa shape index (κ2) is 7.90. The number of alkyl halides is 3. The second-order valence-corrected chi connectivity index (χ2v) is 7.63. The van der Waals surface area contributed by atoms with Crippen molar-refractivity contribution in [3.05, 3.63) is 63.1 Å². The number of hydrogen-bond acceptors (Lipinski definition) is 4. The van der Waals surface area contributed by atoms with Crippen LogP contribution in [0, 0.1) is 6.92 Å². The summed E-state index contributed by atoms with van der Waals surface area (Å²) >= 11 is 4.83. The molecule has 0 fully saturated rings. The molecule has 0 atom stereocenters. The van der Waals surface area contributed by atoms with Crippen LogP contribution in [0.1, 0.15) is 16.1 Å². The van der Waals surface area contributed by atoms with Gasteiger partial charge >= 0.3 is 6.18 Å². The van der Waals surface area contributed by atoms with Crippen molar-refractivity contribution in [2.24, 2.45) is 0 Å². The van der Waals surface area contributed by atoms with Crippen molar-refractivity contribution in [2.75, 3.05) is 7.11 Å². The van der Waals surface area contributed by atoms with Crippen molar-refractivity contribution >= 4 is 27.3 Å². The van der Waals surface area contributed by atoms with Crippen molar-refractivity contribution in [3.8, 4) is 22.1 Å². The molecule has 0 radical (unpaired) electrons. The molecule has 3 nitrogen and oxygen atoms in total. The van der Waals surface area contributed by atoms with E-state index in [0.29, 0.717) is 28.7 Å². The molecule has 0 N–H and O–H groups in total. The molecule has 0 unspecified atom stereocenters. The van der Waals surface area contributed by atoms with E-state index >= 15 is 0 Å². The van der Waals surface area contributed by atoms with E-state index in [0.717, 1.165) is 27.2 Å². The van der Waals surface area contributed by atoms with Gasteiger partial charge in [-0.25, -0.2) is 4.98 Å². The molecular weight excluding hydrogens is 443 g/mol. The minimum absolute atomic E-state index is 0.301. The van der Waals surface area contributed by atoms with Gasteiger partial charge in [-0.05, 0) is 47.1 Å². The summed E-state index contributed by atoms with van der Waals surface area (Å²) in [5, 5.41) is 0.657. The normalized spacial score (nSPS) is 11.5. The molecule has 2 aromatic carbocycles. The number of methoxy groups -OCH3 is 1. The Morgan fingerprint density at radius 2 is 1.81 bits per heavy atom. The molecule has 0 saturated carbocycles. The van der Waals surface area contributed by atoms with Crippen molar-refractivity contribution in [1.29, 1.82) is 0 Å². The summed E-state index contributed by atoms with van der Waals surface area (Å²) in [4.78, 5) is 5.36. The largest absolute Gasteiger partial charge is 0.497 e. The van der Waals surface area contributed by atoms with E-state index in [1.807, 2.05) is 19.1 Å². The van der Waals surface area contributed by atoms with Gasteiger partial charge in [-0.2, -0.15) is 13.2 Å². The van der Waals surface area contributed by atoms with Crippen LogP contribution in [0.25, 0.3) is 10.6 Å². The van der Waals surface area contributed by atoms with E-state index in [-0.39, 0.29) is 0 Å². The highest BCUT2D eigenvalue weighted by Crippen LogP contribution is 2.34. The Hall–Kier alpha value is -2.06. The zero-order valence-electron chi connectivity index (χ0n) is 14.4. The van der Waals surface area contributed by atoms with Crippen LogP contribution in [0.15, 0.2) is 46.9 Å². The first-order valence-electron chi connectivity index (χ1n) is 7.88.